The first-order chi connectivity index (χ1) is 10.7. The molecule has 1 heterocycles. The maximum Gasteiger partial charge on any atom is 0.252 e. The summed E-state index contributed by atoms with van der Waals surface area (Å²) in [6, 6.07) is 3.48. The number of thiophene rings is 1. The number of hydrogen-bond acceptors (Lipinski definition) is 4. The van der Waals surface area contributed by atoms with E-state index in [0.717, 1.165) is 12.8 Å². The third kappa shape index (κ3) is 7.01. The van der Waals surface area contributed by atoms with Crippen LogP contribution in [0.4, 0.5) is 0 Å². The second-order valence-corrected chi connectivity index (χ2v) is 9.52. The first kappa shape index (κ1) is 20.1. The van der Waals surface area contributed by atoms with E-state index in [4.69, 9.17) is 0 Å². The molecular weight excluding hydrogens is 332 g/mol. The van der Waals surface area contributed by atoms with Gasteiger partial charge < -0.3 is 5.32 Å². The molecule has 0 aliphatic heterocycles. The maximum absolute atomic E-state index is 12.2. The molecule has 0 saturated carbocycles. The molecule has 132 valence electrons. The zero-order chi connectivity index (χ0) is 17.5. The number of sulfonamides is 1. The molecule has 0 bridgehead atoms. The number of carbonyl (C=O) groups is 1. The van der Waals surface area contributed by atoms with Crippen molar-refractivity contribution in [2.24, 2.45) is 5.92 Å². The van der Waals surface area contributed by atoms with Crippen LogP contribution in [0.3, 0.4) is 0 Å². The number of nitrogens with one attached hydrogen (secondary N) is 1. The van der Waals surface area contributed by atoms with Crippen LogP contribution in [0.25, 0.3) is 0 Å². The van der Waals surface area contributed by atoms with E-state index in [1.54, 1.807) is 24.6 Å². The van der Waals surface area contributed by atoms with Gasteiger partial charge in [-0.15, -0.1) is 11.3 Å². The number of carbonyl (C=O) groups excluding carboxylic acids is 1. The quantitative estimate of drug-likeness (QED) is 0.697. The van der Waals surface area contributed by atoms with Gasteiger partial charge in [0.25, 0.3) is 10.0 Å². The van der Waals surface area contributed by atoms with Crippen molar-refractivity contribution in [2.45, 2.75) is 56.7 Å². The highest BCUT2D eigenvalue weighted by Gasteiger charge is 2.21. The van der Waals surface area contributed by atoms with E-state index in [2.05, 4.69) is 19.2 Å². The smallest absolute Gasteiger partial charge is 0.252 e. The molecule has 1 N–H and O–H groups in total. The van der Waals surface area contributed by atoms with Crippen molar-refractivity contribution in [1.82, 2.24) is 9.62 Å². The molecule has 1 rings (SSSR count). The average molecular weight is 361 g/mol. The predicted octanol–water partition coefficient (Wildman–Crippen LogP) is 3.09. The van der Waals surface area contributed by atoms with E-state index in [9.17, 15) is 13.2 Å². The van der Waals surface area contributed by atoms with Crippen LogP contribution in [0.1, 0.15) is 46.5 Å². The summed E-state index contributed by atoms with van der Waals surface area (Å²) < 4.78 is 26.1. The fraction of sp³-hybridized carbons (Fsp3) is 0.688. The minimum Gasteiger partial charge on any atom is -0.354 e. The Balaban J connectivity index is 2.32. The number of hydrogen-bond donors (Lipinski definition) is 1. The van der Waals surface area contributed by atoms with Gasteiger partial charge in [0.05, 0.1) is 0 Å². The van der Waals surface area contributed by atoms with E-state index in [0.29, 0.717) is 29.5 Å². The molecule has 0 aromatic carbocycles. The summed E-state index contributed by atoms with van der Waals surface area (Å²) in [5, 5.41) is 4.71. The monoisotopic (exact) mass is 360 g/mol. The molecule has 5 nitrogen and oxygen atoms in total. The Morgan fingerprint density at radius 3 is 2.57 bits per heavy atom. The van der Waals surface area contributed by atoms with Crippen molar-refractivity contribution in [2.75, 3.05) is 13.6 Å². The van der Waals surface area contributed by atoms with Crippen molar-refractivity contribution >= 4 is 27.3 Å². The fourth-order valence-electron chi connectivity index (χ4n) is 2.15. The molecule has 0 unspecified atom stereocenters. The van der Waals surface area contributed by atoms with E-state index < -0.39 is 10.0 Å². The van der Waals surface area contributed by atoms with Gasteiger partial charge in [0.2, 0.25) is 5.91 Å². The van der Waals surface area contributed by atoms with Crippen molar-refractivity contribution in [3.63, 3.8) is 0 Å². The van der Waals surface area contributed by atoms with Crippen LogP contribution in [0.15, 0.2) is 21.7 Å². The Kier molecular flexibility index (Phi) is 8.22. The Morgan fingerprint density at radius 2 is 2.00 bits per heavy atom. The summed E-state index contributed by atoms with van der Waals surface area (Å²) in [4.78, 5) is 11.9. The lowest BCUT2D eigenvalue weighted by Crippen LogP contribution is -2.33. The summed E-state index contributed by atoms with van der Waals surface area (Å²) in [5.41, 5.74) is 0. The van der Waals surface area contributed by atoms with Crippen molar-refractivity contribution in [3.05, 3.63) is 17.5 Å². The fourth-order valence-corrected chi connectivity index (χ4v) is 4.56. The molecule has 1 aromatic rings. The van der Waals surface area contributed by atoms with Crippen molar-refractivity contribution < 1.29 is 13.2 Å². The minimum absolute atomic E-state index is 0.0109. The highest BCUT2D eigenvalue weighted by Crippen LogP contribution is 2.19. The molecule has 1 atom stereocenters. The van der Waals surface area contributed by atoms with E-state index >= 15 is 0 Å². The Morgan fingerprint density at radius 1 is 1.30 bits per heavy atom. The summed E-state index contributed by atoms with van der Waals surface area (Å²) in [7, 11) is -1.86. The van der Waals surface area contributed by atoms with Gasteiger partial charge in [-0.3, -0.25) is 4.79 Å². The highest BCUT2D eigenvalue weighted by molar-refractivity contribution is 7.91. The summed E-state index contributed by atoms with van der Waals surface area (Å²) in [6.07, 6.45) is 2.92. The first-order valence-corrected chi connectivity index (χ1v) is 10.3. The van der Waals surface area contributed by atoms with Crippen LogP contribution in [0.5, 0.6) is 0 Å². The van der Waals surface area contributed by atoms with Crippen LogP contribution in [0.2, 0.25) is 0 Å². The average Bonchev–Trinajstić information content (AvgIpc) is 2.99. The summed E-state index contributed by atoms with van der Waals surface area (Å²) in [6.45, 7) is 6.68. The van der Waals surface area contributed by atoms with Gasteiger partial charge >= 0.3 is 0 Å². The van der Waals surface area contributed by atoms with Crippen LogP contribution in [-0.4, -0.2) is 38.3 Å². The molecule has 0 radical (unpaired) electrons. The minimum atomic E-state index is -3.41. The third-order valence-corrected chi connectivity index (χ3v) is 6.85. The predicted molar refractivity (Wildman–Crippen MR) is 95.0 cm³/mol. The molecule has 0 fully saturated rings. The maximum atomic E-state index is 12.2. The molecule has 7 heteroatoms. The van der Waals surface area contributed by atoms with E-state index in [1.165, 1.54) is 15.6 Å². The second kappa shape index (κ2) is 9.39. The number of nitrogens with zero attached hydrogens (tertiary/aromatic N) is 1. The van der Waals surface area contributed by atoms with Gasteiger partial charge in [-0.25, -0.2) is 12.7 Å². The van der Waals surface area contributed by atoms with Crippen LogP contribution in [-0.2, 0) is 14.8 Å². The highest BCUT2D eigenvalue weighted by atomic mass is 32.2. The summed E-state index contributed by atoms with van der Waals surface area (Å²) in [5.74, 6) is 0.619. The SMILES string of the molecule is CC(C)CC[C@@H](C)NC(=O)CCCN(C)S(=O)(=O)c1cccs1. The lowest BCUT2D eigenvalue weighted by Gasteiger charge is -2.17. The largest absolute Gasteiger partial charge is 0.354 e. The van der Waals surface area contributed by atoms with Gasteiger partial charge in [0.1, 0.15) is 4.21 Å². The van der Waals surface area contributed by atoms with E-state index in [-0.39, 0.29) is 11.9 Å². The number of rotatable bonds is 10. The molecular formula is C16H28N2O3S2. The molecule has 1 amide bonds. The topological polar surface area (TPSA) is 66.5 Å². The molecule has 0 aliphatic carbocycles. The van der Waals surface area contributed by atoms with Gasteiger partial charge in [-0.05, 0) is 43.6 Å². The lowest BCUT2D eigenvalue weighted by atomic mass is 10.0. The van der Waals surface area contributed by atoms with E-state index in [1.807, 2.05) is 6.92 Å². The molecule has 23 heavy (non-hydrogen) atoms. The summed E-state index contributed by atoms with van der Waals surface area (Å²) >= 11 is 1.21. The van der Waals surface area contributed by atoms with Crippen molar-refractivity contribution in [3.8, 4) is 0 Å². The Bertz CT molecular complexity index is 568. The van der Waals surface area contributed by atoms with Gasteiger partial charge in [0.15, 0.2) is 0 Å². The van der Waals surface area contributed by atoms with Gasteiger partial charge in [0, 0.05) is 26.1 Å². The number of amides is 1. The Labute approximate surface area is 144 Å². The zero-order valence-corrected chi connectivity index (χ0v) is 16.0. The van der Waals surface area contributed by atoms with Crippen LogP contribution >= 0.6 is 11.3 Å². The van der Waals surface area contributed by atoms with Crippen LogP contribution < -0.4 is 5.32 Å². The standard InChI is InChI=1S/C16H28N2O3S2/c1-13(2)9-10-14(3)17-15(19)7-5-11-18(4)23(20,21)16-8-6-12-22-16/h6,8,12-14H,5,7,9-11H2,1-4H3,(H,17,19)/t14-/m1/s1. The molecule has 0 spiro atoms. The Hall–Kier alpha value is -0.920. The first-order valence-electron chi connectivity index (χ1n) is 8.02. The van der Waals surface area contributed by atoms with Crippen LogP contribution in [0, 0.1) is 5.92 Å². The van der Waals surface area contributed by atoms with Gasteiger partial charge in [-0.1, -0.05) is 19.9 Å². The van der Waals surface area contributed by atoms with Gasteiger partial charge in [-0.2, -0.15) is 0 Å². The second-order valence-electron chi connectivity index (χ2n) is 6.30. The lowest BCUT2D eigenvalue weighted by molar-refractivity contribution is -0.121. The zero-order valence-electron chi connectivity index (χ0n) is 14.4. The molecule has 0 saturated heterocycles. The molecule has 0 aliphatic rings. The third-order valence-electron chi connectivity index (χ3n) is 3.62. The molecule has 1 aromatic heterocycles. The van der Waals surface area contributed by atoms with Crippen molar-refractivity contribution in [1.29, 1.82) is 0 Å². The normalized spacial score (nSPS) is 13.5.